The molecule has 1 saturated carbocycles. The molecule has 0 aromatic carbocycles. The standard InChI is InChI=1S/C13H24N2O3/c1-3-10(4-2)14-13(16)9-18-12-7-5-11(15-17)6-8-12/h10,12,17H,3-9H2,1-2H3,(H,14,16). The van der Waals surface area contributed by atoms with Gasteiger partial charge in [0.2, 0.25) is 5.91 Å². The molecule has 5 heteroatoms. The molecule has 1 amide bonds. The van der Waals surface area contributed by atoms with Crippen molar-refractivity contribution in [2.45, 2.75) is 64.5 Å². The van der Waals surface area contributed by atoms with E-state index >= 15 is 0 Å². The lowest BCUT2D eigenvalue weighted by atomic mass is 9.96. The number of ether oxygens (including phenoxy) is 1. The van der Waals surface area contributed by atoms with Crippen molar-refractivity contribution in [2.24, 2.45) is 5.16 Å². The molecule has 2 N–H and O–H groups in total. The Morgan fingerprint density at radius 1 is 1.44 bits per heavy atom. The molecule has 0 aromatic heterocycles. The van der Waals surface area contributed by atoms with Crippen LogP contribution in [-0.2, 0) is 9.53 Å². The van der Waals surface area contributed by atoms with E-state index in [1.54, 1.807) is 0 Å². The van der Waals surface area contributed by atoms with Crippen LogP contribution in [0.15, 0.2) is 5.16 Å². The van der Waals surface area contributed by atoms with Crippen LogP contribution in [-0.4, -0.2) is 35.6 Å². The summed E-state index contributed by atoms with van der Waals surface area (Å²) in [6.07, 6.45) is 5.19. The molecular weight excluding hydrogens is 232 g/mol. The highest BCUT2D eigenvalue weighted by Crippen LogP contribution is 2.18. The van der Waals surface area contributed by atoms with Crippen molar-refractivity contribution in [3.8, 4) is 0 Å². The average Bonchev–Trinajstić information content (AvgIpc) is 2.43. The minimum absolute atomic E-state index is 0.0367. The van der Waals surface area contributed by atoms with Gasteiger partial charge in [-0.15, -0.1) is 0 Å². The lowest BCUT2D eigenvalue weighted by molar-refractivity contribution is -0.128. The van der Waals surface area contributed by atoms with E-state index in [0.29, 0.717) is 0 Å². The van der Waals surface area contributed by atoms with Gasteiger partial charge in [0, 0.05) is 6.04 Å². The summed E-state index contributed by atoms with van der Waals surface area (Å²) >= 11 is 0. The number of carbonyl (C=O) groups excluding carboxylic acids is 1. The minimum atomic E-state index is -0.0367. The van der Waals surface area contributed by atoms with Gasteiger partial charge < -0.3 is 15.3 Å². The number of hydrogen-bond donors (Lipinski definition) is 2. The lowest BCUT2D eigenvalue weighted by Crippen LogP contribution is -2.37. The number of amides is 1. The summed E-state index contributed by atoms with van der Waals surface area (Å²) in [5.74, 6) is -0.0367. The first-order chi connectivity index (χ1) is 8.69. The minimum Gasteiger partial charge on any atom is -0.411 e. The molecule has 0 unspecified atom stereocenters. The summed E-state index contributed by atoms with van der Waals surface area (Å²) in [6.45, 7) is 4.26. The first-order valence-corrected chi connectivity index (χ1v) is 6.80. The third kappa shape index (κ3) is 5.04. The maximum atomic E-state index is 11.6. The molecule has 18 heavy (non-hydrogen) atoms. The normalized spacial score (nSPS) is 19.9. The molecule has 0 aromatic rings. The Labute approximate surface area is 109 Å². The lowest BCUT2D eigenvalue weighted by Gasteiger charge is -2.23. The molecule has 0 atom stereocenters. The van der Waals surface area contributed by atoms with E-state index in [-0.39, 0.29) is 24.7 Å². The molecule has 0 radical (unpaired) electrons. The molecule has 0 aliphatic heterocycles. The molecule has 1 aliphatic carbocycles. The summed E-state index contributed by atoms with van der Waals surface area (Å²) in [5, 5.41) is 14.8. The summed E-state index contributed by atoms with van der Waals surface area (Å²) in [5.41, 5.74) is 0.830. The van der Waals surface area contributed by atoms with E-state index in [1.165, 1.54) is 0 Å². The van der Waals surface area contributed by atoms with Crippen LogP contribution in [0.25, 0.3) is 0 Å². The van der Waals surface area contributed by atoms with Crippen LogP contribution in [0.3, 0.4) is 0 Å². The second-order valence-electron chi connectivity index (χ2n) is 4.76. The van der Waals surface area contributed by atoms with E-state index in [9.17, 15) is 4.79 Å². The molecule has 0 saturated heterocycles. The first kappa shape index (κ1) is 15.0. The van der Waals surface area contributed by atoms with Gasteiger partial charge in [-0.25, -0.2) is 0 Å². The number of carbonyl (C=O) groups is 1. The Kier molecular flexibility index (Phi) is 6.72. The molecule has 0 spiro atoms. The molecule has 1 aliphatic rings. The van der Waals surface area contributed by atoms with Crippen LogP contribution >= 0.6 is 0 Å². The van der Waals surface area contributed by atoms with Crippen LogP contribution in [0.5, 0.6) is 0 Å². The van der Waals surface area contributed by atoms with Crippen molar-refractivity contribution in [1.82, 2.24) is 5.32 Å². The molecule has 1 rings (SSSR count). The fraction of sp³-hybridized carbons (Fsp3) is 0.846. The van der Waals surface area contributed by atoms with Crippen molar-refractivity contribution < 1.29 is 14.7 Å². The van der Waals surface area contributed by atoms with Gasteiger partial charge in [-0.2, -0.15) is 0 Å². The molecular formula is C13H24N2O3. The Morgan fingerprint density at radius 2 is 2.06 bits per heavy atom. The van der Waals surface area contributed by atoms with Gasteiger partial charge in [-0.3, -0.25) is 4.79 Å². The van der Waals surface area contributed by atoms with Crippen LogP contribution in [0.2, 0.25) is 0 Å². The second kappa shape index (κ2) is 8.08. The zero-order valence-corrected chi connectivity index (χ0v) is 11.3. The Hall–Kier alpha value is -1.10. The Bertz CT molecular complexity index is 278. The number of hydrogen-bond acceptors (Lipinski definition) is 4. The molecule has 5 nitrogen and oxygen atoms in total. The van der Waals surface area contributed by atoms with E-state index in [2.05, 4.69) is 24.3 Å². The maximum Gasteiger partial charge on any atom is 0.246 e. The third-order valence-electron chi connectivity index (χ3n) is 3.45. The van der Waals surface area contributed by atoms with Crippen LogP contribution in [0, 0.1) is 0 Å². The van der Waals surface area contributed by atoms with Gasteiger partial charge in [0.1, 0.15) is 6.61 Å². The fourth-order valence-electron chi connectivity index (χ4n) is 2.15. The number of nitrogens with zero attached hydrogens (tertiary/aromatic N) is 1. The largest absolute Gasteiger partial charge is 0.411 e. The Balaban J connectivity index is 2.19. The summed E-state index contributed by atoms with van der Waals surface area (Å²) in [7, 11) is 0. The summed E-state index contributed by atoms with van der Waals surface area (Å²) in [6, 6.07) is 0.251. The zero-order chi connectivity index (χ0) is 13.4. The molecule has 1 fully saturated rings. The molecule has 104 valence electrons. The van der Waals surface area contributed by atoms with Crippen molar-refractivity contribution >= 4 is 11.6 Å². The maximum absolute atomic E-state index is 11.6. The third-order valence-corrected chi connectivity index (χ3v) is 3.45. The van der Waals surface area contributed by atoms with Crippen molar-refractivity contribution in [3.05, 3.63) is 0 Å². The predicted octanol–water partition coefficient (Wildman–Crippen LogP) is 2.08. The second-order valence-corrected chi connectivity index (χ2v) is 4.76. The number of nitrogens with one attached hydrogen (secondary N) is 1. The molecule has 0 heterocycles. The van der Waals surface area contributed by atoms with Gasteiger partial charge >= 0.3 is 0 Å². The SMILES string of the molecule is CCC(CC)NC(=O)COC1CCC(=NO)CC1. The topological polar surface area (TPSA) is 70.9 Å². The van der Waals surface area contributed by atoms with E-state index in [4.69, 9.17) is 9.94 Å². The van der Waals surface area contributed by atoms with E-state index in [1.807, 2.05) is 0 Å². The number of oxime groups is 1. The summed E-state index contributed by atoms with van der Waals surface area (Å²) in [4.78, 5) is 11.6. The highest BCUT2D eigenvalue weighted by molar-refractivity contribution is 5.84. The quantitative estimate of drug-likeness (QED) is 0.564. The van der Waals surface area contributed by atoms with Crippen LogP contribution in [0.4, 0.5) is 0 Å². The fourth-order valence-corrected chi connectivity index (χ4v) is 2.15. The average molecular weight is 256 g/mol. The molecule has 0 bridgehead atoms. The van der Waals surface area contributed by atoms with Crippen LogP contribution < -0.4 is 5.32 Å². The van der Waals surface area contributed by atoms with Crippen molar-refractivity contribution in [1.29, 1.82) is 0 Å². The van der Waals surface area contributed by atoms with Gasteiger partial charge in [0.25, 0.3) is 0 Å². The first-order valence-electron chi connectivity index (χ1n) is 6.80. The highest BCUT2D eigenvalue weighted by atomic mass is 16.5. The monoisotopic (exact) mass is 256 g/mol. The van der Waals surface area contributed by atoms with Crippen molar-refractivity contribution in [2.75, 3.05) is 6.61 Å². The van der Waals surface area contributed by atoms with Crippen LogP contribution in [0.1, 0.15) is 52.4 Å². The zero-order valence-electron chi connectivity index (χ0n) is 11.3. The highest BCUT2D eigenvalue weighted by Gasteiger charge is 2.19. The summed E-state index contributed by atoms with van der Waals surface area (Å²) < 4.78 is 5.58. The van der Waals surface area contributed by atoms with Gasteiger partial charge in [0.15, 0.2) is 0 Å². The smallest absolute Gasteiger partial charge is 0.246 e. The predicted molar refractivity (Wildman–Crippen MR) is 69.9 cm³/mol. The van der Waals surface area contributed by atoms with Gasteiger partial charge in [0.05, 0.1) is 11.8 Å². The van der Waals surface area contributed by atoms with Gasteiger partial charge in [-0.1, -0.05) is 19.0 Å². The van der Waals surface area contributed by atoms with Crippen molar-refractivity contribution in [3.63, 3.8) is 0 Å². The van der Waals surface area contributed by atoms with Gasteiger partial charge in [-0.05, 0) is 38.5 Å². The Morgan fingerprint density at radius 3 is 2.56 bits per heavy atom. The van der Waals surface area contributed by atoms with E-state index < -0.39 is 0 Å². The number of rotatable bonds is 6. The van der Waals surface area contributed by atoms with E-state index in [0.717, 1.165) is 44.2 Å².